The van der Waals surface area contributed by atoms with Gasteiger partial charge in [0.25, 0.3) is 0 Å². The molecule has 0 spiro atoms. The summed E-state index contributed by atoms with van der Waals surface area (Å²) in [6.45, 7) is 2.48. The fourth-order valence-electron chi connectivity index (χ4n) is 1.95. The summed E-state index contributed by atoms with van der Waals surface area (Å²) in [5.41, 5.74) is 0.639. The Kier molecular flexibility index (Phi) is 5.81. The minimum atomic E-state index is -0.699. The van der Waals surface area contributed by atoms with E-state index in [-0.39, 0.29) is 6.04 Å². The van der Waals surface area contributed by atoms with Gasteiger partial charge in [0.2, 0.25) is 0 Å². The maximum atomic E-state index is 10.2. The molecule has 2 N–H and O–H groups in total. The molecule has 0 aliphatic carbocycles. The zero-order valence-corrected chi connectivity index (χ0v) is 13.3. The van der Waals surface area contributed by atoms with E-state index in [0.717, 1.165) is 11.4 Å². The maximum absolute atomic E-state index is 10.2. The van der Waals surface area contributed by atoms with E-state index >= 15 is 0 Å². The predicted octanol–water partition coefficient (Wildman–Crippen LogP) is 4.22. The Balaban J connectivity index is 2.01. The highest BCUT2D eigenvalue weighted by atomic mass is 35.5. The molecule has 2 unspecified atom stereocenters. The van der Waals surface area contributed by atoms with Crippen molar-refractivity contribution in [2.75, 3.05) is 6.54 Å². The van der Waals surface area contributed by atoms with Gasteiger partial charge in [0.05, 0.1) is 12.1 Å². The number of halogens is 2. The zero-order chi connectivity index (χ0) is 14.5. The van der Waals surface area contributed by atoms with E-state index < -0.39 is 6.10 Å². The average molecular weight is 331 g/mol. The van der Waals surface area contributed by atoms with E-state index in [4.69, 9.17) is 23.2 Å². The Morgan fingerprint density at radius 3 is 2.85 bits per heavy atom. The van der Waals surface area contributed by atoms with Gasteiger partial charge in [0, 0.05) is 33.7 Å². The summed E-state index contributed by atoms with van der Waals surface area (Å²) in [5.74, 6) is 0. The van der Waals surface area contributed by atoms with Crippen LogP contribution in [-0.2, 0) is 0 Å². The van der Waals surface area contributed by atoms with Gasteiger partial charge in [-0.1, -0.05) is 30.1 Å². The normalized spacial score (nSPS) is 14.2. The highest BCUT2D eigenvalue weighted by Crippen LogP contribution is 2.27. The Morgan fingerprint density at radius 2 is 2.20 bits per heavy atom. The molecule has 1 heterocycles. The van der Waals surface area contributed by atoms with E-state index in [0.29, 0.717) is 22.2 Å². The number of benzene rings is 1. The third-order valence-corrected chi connectivity index (χ3v) is 4.50. The summed E-state index contributed by atoms with van der Waals surface area (Å²) in [5, 5.41) is 17.6. The molecule has 1 aromatic carbocycles. The van der Waals surface area contributed by atoms with Gasteiger partial charge in [0.15, 0.2) is 0 Å². The third-order valence-electron chi connectivity index (χ3n) is 3.03. The number of nitrogens with one attached hydrogen (secondary N) is 1. The molecule has 1 aromatic heterocycles. The van der Waals surface area contributed by atoms with Crippen molar-refractivity contribution in [3.8, 4) is 0 Å². The van der Waals surface area contributed by atoms with Crippen molar-refractivity contribution in [2.24, 2.45) is 0 Å². The van der Waals surface area contributed by atoms with Gasteiger partial charge in [-0.25, -0.2) is 4.98 Å². The molecule has 108 valence electrons. The van der Waals surface area contributed by atoms with Gasteiger partial charge >= 0.3 is 0 Å². The lowest BCUT2D eigenvalue weighted by atomic mass is 10.1. The Hall–Kier alpha value is -0.650. The number of aliphatic hydroxyl groups is 1. The van der Waals surface area contributed by atoms with Crippen molar-refractivity contribution in [3.63, 3.8) is 0 Å². The first kappa shape index (κ1) is 15.7. The molecule has 2 rings (SSSR count). The lowest BCUT2D eigenvalue weighted by Crippen LogP contribution is -2.26. The van der Waals surface area contributed by atoms with Crippen LogP contribution in [0.4, 0.5) is 0 Å². The summed E-state index contributed by atoms with van der Waals surface area (Å²) >= 11 is 13.6. The van der Waals surface area contributed by atoms with Crippen LogP contribution >= 0.6 is 34.5 Å². The van der Waals surface area contributed by atoms with Crippen LogP contribution in [0.2, 0.25) is 10.0 Å². The van der Waals surface area contributed by atoms with E-state index in [1.807, 2.05) is 5.38 Å². The Labute approximate surface area is 132 Å². The number of hydrogen-bond acceptors (Lipinski definition) is 4. The minimum Gasteiger partial charge on any atom is -0.387 e. The molecule has 0 aliphatic rings. The van der Waals surface area contributed by atoms with Gasteiger partial charge in [-0.15, -0.1) is 11.3 Å². The fourth-order valence-corrected chi connectivity index (χ4v) is 3.17. The molecule has 2 atom stereocenters. The van der Waals surface area contributed by atoms with Crippen molar-refractivity contribution < 1.29 is 5.11 Å². The van der Waals surface area contributed by atoms with Gasteiger partial charge in [-0.3, -0.25) is 0 Å². The molecular weight excluding hydrogens is 315 g/mol. The van der Waals surface area contributed by atoms with Crippen molar-refractivity contribution in [1.29, 1.82) is 0 Å². The molecule has 0 radical (unpaired) electrons. The molecular formula is C14H16Cl2N2OS. The molecule has 0 fully saturated rings. The van der Waals surface area contributed by atoms with Gasteiger partial charge in [-0.05, 0) is 24.6 Å². The van der Waals surface area contributed by atoms with Crippen LogP contribution in [0.1, 0.15) is 36.1 Å². The van der Waals surface area contributed by atoms with Crippen LogP contribution in [0.25, 0.3) is 0 Å². The van der Waals surface area contributed by atoms with E-state index in [1.165, 1.54) is 0 Å². The zero-order valence-electron chi connectivity index (χ0n) is 11.0. The molecule has 0 amide bonds. The van der Waals surface area contributed by atoms with Crippen LogP contribution in [-0.4, -0.2) is 16.6 Å². The predicted molar refractivity (Wildman–Crippen MR) is 84.6 cm³/mol. The van der Waals surface area contributed by atoms with Crippen molar-refractivity contribution >= 4 is 34.5 Å². The topological polar surface area (TPSA) is 45.1 Å². The van der Waals surface area contributed by atoms with Crippen LogP contribution in [0.3, 0.4) is 0 Å². The number of hydrogen-bond donors (Lipinski definition) is 2. The SMILES string of the molecule is CCC(NCC(O)c1cc(Cl)ccc1Cl)c1nccs1. The third kappa shape index (κ3) is 3.93. The van der Waals surface area contributed by atoms with Crippen molar-refractivity contribution in [3.05, 3.63) is 50.4 Å². The fraction of sp³-hybridized carbons (Fsp3) is 0.357. The molecule has 6 heteroatoms. The van der Waals surface area contributed by atoms with E-state index in [2.05, 4.69) is 17.2 Å². The van der Waals surface area contributed by atoms with Gasteiger partial charge in [0.1, 0.15) is 5.01 Å². The van der Waals surface area contributed by atoms with E-state index in [9.17, 15) is 5.11 Å². The van der Waals surface area contributed by atoms with Gasteiger partial charge < -0.3 is 10.4 Å². The number of nitrogens with zero attached hydrogens (tertiary/aromatic N) is 1. The summed E-state index contributed by atoms with van der Waals surface area (Å²) < 4.78 is 0. The standard InChI is InChI=1S/C14H16Cl2N2OS/c1-2-12(14-17-5-6-20-14)18-8-13(19)10-7-9(15)3-4-11(10)16/h3-7,12-13,18-19H,2,8H2,1H3. The molecule has 0 bridgehead atoms. The molecule has 3 nitrogen and oxygen atoms in total. The smallest absolute Gasteiger partial charge is 0.109 e. The second-order valence-corrected chi connectivity index (χ2v) is 6.19. The molecule has 0 saturated carbocycles. The van der Waals surface area contributed by atoms with Gasteiger partial charge in [-0.2, -0.15) is 0 Å². The monoisotopic (exact) mass is 330 g/mol. The largest absolute Gasteiger partial charge is 0.387 e. The number of aliphatic hydroxyl groups excluding tert-OH is 1. The second-order valence-electron chi connectivity index (χ2n) is 4.42. The first-order valence-electron chi connectivity index (χ1n) is 6.37. The molecule has 2 aromatic rings. The molecule has 0 saturated heterocycles. The Bertz CT molecular complexity index is 548. The average Bonchev–Trinajstić information content (AvgIpc) is 2.96. The number of aromatic nitrogens is 1. The summed E-state index contributed by atoms with van der Waals surface area (Å²) in [7, 11) is 0. The summed E-state index contributed by atoms with van der Waals surface area (Å²) in [4.78, 5) is 4.30. The van der Waals surface area contributed by atoms with Crippen LogP contribution in [0, 0.1) is 0 Å². The maximum Gasteiger partial charge on any atom is 0.109 e. The second kappa shape index (κ2) is 7.38. The summed E-state index contributed by atoms with van der Waals surface area (Å²) in [6.07, 6.45) is 1.99. The first-order chi connectivity index (χ1) is 9.61. The number of rotatable bonds is 6. The van der Waals surface area contributed by atoms with Crippen LogP contribution < -0.4 is 5.32 Å². The first-order valence-corrected chi connectivity index (χ1v) is 8.01. The highest BCUT2D eigenvalue weighted by Gasteiger charge is 2.16. The quantitative estimate of drug-likeness (QED) is 0.833. The lowest BCUT2D eigenvalue weighted by molar-refractivity contribution is 0.169. The van der Waals surface area contributed by atoms with Crippen LogP contribution in [0.15, 0.2) is 29.8 Å². The highest BCUT2D eigenvalue weighted by molar-refractivity contribution is 7.09. The van der Waals surface area contributed by atoms with Crippen molar-refractivity contribution in [1.82, 2.24) is 10.3 Å². The van der Waals surface area contributed by atoms with Crippen molar-refractivity contribution in [2.45, 2.75) is 25.5 Å². The van der Waals surface area contributed by atoms with Crippen LogP contribution in [0.5, 0.6) is 0 Å². The molecule has 0 aliphatic heterocycles. The lowest BCUT2D eigenvalue weighted by Gasteiger charge is -2.18. The number of thiazole rings is 1. The molecule has 20 heavy (non-hydrogen) atoms. The summed E-state index contributed by atoms with van der Waals surface area (Å²) in [6, 6.07) is 5.24. The minimum absolute atomic E-state index is 0.141. The Morgan fingerprint density at radius 1 is 1.40 bits per heavy atom. The van der Waals surface area contributed by atoms with E-state index in [1.54, 1.807) is 35.7 Å².